The molecule has 26 heavy (non-hydrogen) atoms. The van der Waals surface area contributed by atoms with E-state index in [1.54, 1.807) is 0 Å². The number of fused-ring (bicyclic) bond motifs is 1. The van der Waals surface area contributed by atoms with Crippen molar-refractivity contribution in [1.82, 2.24) is 9.80 Å². The molecule has 1 aliphatic heterocycles. The smallest absolute Gasteiger partial charge is 0.291 e. The van der Waals surface area contributed by atoms with Crippen molar-refractivity contribution in [2.24, 2.45) is 5.92 Å². The Morgan fingerprint density at radius 3 is 2.50 bits per heavy atom. The molecular formula is C20H25N3O3. The van der Waals surface area contributed by atoms with Gasteiger partial charge in [-0.15, -0.1) is 0 Å². The van der Waals surface area contributed by atoms with Gasteiger partial charge in [0.15, 0.2) is 0 Å². The standard InChI is InChI=1S/C20H25N3O3/c1-22-10-12-23(13-11-22)20(25)18-17(15-8-4-5-9-16(15)26-18)21-19(24)14-6-2-3-7-14/h4-5,8-9,14H,2-3,6-7,10-13H2,1H3,(H,21,24). The molecule has 1 aromatic heterocycles. The lowest BCUT2D eigenvalue weighted by Gasteiger charge is -2.32. The lowest BCUT2D eigenvalue weighted by Crippen LogP contribution is -2.47. The molecule has 0 radical (unpaired) electrons. The minimum atomic E-state index is -0.143. The predicted molar refractivity (Wildman–Crippen MR) is 100 cm³/mol. The van der Waals surface area contributed by atoms with E-state index < -0.39 is 0 Å². The van der Waals surface area contributed by atoms with Crippen molar-refractivity contribution < 1.29 is 14.0 Å². The van der Waals surface area contributed by atoms with Crippen molar-refractivity contribution >= 4 is 28.5 Å². The highest BCUT2D eigenvalue weighted by Crippen LogP contribution is 2.34. The van der Waals surface area contributed by atoms with Crippen molar-refractivity contribution in [3.63, 3.8) is 0 Å². The van der Waals surface area contributed by atoms with Crippen LogP contribution in [0.3, 0.4) is 0 Å². The van der Waals surface area contributed by atoms with Gasteiger partial charge in [-0.25, -0.2) is 0 Å². The third-order valence-electron chi connectivity index (χ3n) is 5.55. The number of anilines is 1. The molecule has 6 heteroatoms. The molecule has 0 atom stereocenters. The number of hydrogen-bond donors (Lipinski definition) is 1. The Balaban J connectivity index is 1.65. The maximum atomic E-state index is 13.1. The van der Waals surface area contributed by atoms with Gasteiger partial charge in [-0.2, -0.15) is 0 Å². The summed E-state index contributed by atoms with van der Waals surface area (Å²) < 4.78 is 5.89. The third kappa shape index (κ3) is 3.21. The number of piperazine rings is 1. The van der Waals surface area contributed by atoms with Gasteiger partial charge in [0.25, 0.3) is 5.91 Å². The fraction of sp³-hybridized carbons (Fsp3) is 0.500. The molecule has 6 nitrogen and oxygen atoms in total. The highest BCUT2D eigenvalue weighted by atomic mass is 16.3. The van der Waals surface area contributed by atoms with E-state index in [9.17, 15) is 9.59 Å². The van der Waals surface area contributed by atoms with Gasteiger partial charge in [0.1, 0.15) is 11.3 Å². The van der Waals surface area contributed by atoms with Crippen LogP contribution in [0.2, 0.25) is 0 Å². The largest absolute Gasteiger partial charge is 0.449 e. The second-order valence-corrected chi connectivity index (χ2v) is 7.37. The molecule has 2 heterocycles. The van der Waals surface area contributed by atoms with Crippen molar-refractivity contribution in [1.29, 1.82) is 0 Å². The van der Waals surface area contributed by atoms with Crippen LogP contribution in [0, 0.1) is 5.92 Å². The molecule has 2 fully saturated rings. The zero-order chi connectivity index (χ0) is 18.1. The van der Waals surface area contributed by atoms with Gasteiger partial charge in [0, 0.05) is 37.5 Å². The fourth-order valence-corrected chi connectivity index (χ4v) is 3.89. The van der Waals surface area contributed by atoms with Crippen LogP contribution in [-0.2, 0) is 4.79 Å². The first-order valence-corrected chi connectivity index (χ1v) is 9.43. The first-order valence-electron chi connectivity index (χ1n) is 9.43. The van der Waals surface area contributed by atoms with Crippen LogP contribution < -0.4 is 5.32 Å². The molecule has 0 unspecified atom stereocenters. The van der Waals surface area contributed by atoms with E-state index in [4.69, 9.17) is 4.42 Å². The highest BCUT2D eigenvalue weighted by Gasteiger charge is 2.30. The second-order valence-electron chi connectivity index (χ2n) is 7.37. The van der Waals surface area contributed by atoms with Gasteiger partial charge in [-0.05, 0) is 32.0 Å². The van der Waals surface area contributed by atoms with Crippen molar-refractivity contribution in [2.75, 3.05) is 38.5 Å². The van der Waals surface area contributed by atoms with Gasteiger partial charge in [0.05, 0.1) is 0 Å². The molecule has 1 aromatic carbocycles. The topological polar surface area (TPSA) is 65.8 Å². The van der Waals surface area contributed by atoms with Gasteiger partial charge in [0.2, 0.25) is 11.7 Å². The summed E-state index contributed by atoms with van der Waals surface area (Å²) in [4.78, 5) is 29.7. The fourth-order valence-electron chi connectivity index (χ4n) is 3.89. The maximum absolute atomic E-state index is 13.1. The molecule has 138 valence electrons. The third-order valence-corrected chi connectivity index (χ3v) is 5.55. The van der Waals surface area contributed by atoms with Gasteiger partial charge in [-0.3, -0.25) is 9.59 Å². The van der Waals surface area contributed by atoms with E-state index in [-0.39, 0.29) is 23.5 Å². The van der Waals surface area contributed by atoms with Crippen molar-refractivity contribution in [2.45, 2.75) is 25.7 Å². The van der Waals surface area contributed by atoms with E-state index in [1.807, 2.05) is 29.2 Å². The molecule has 0 spiro atoms. The minimum absolute atomic E-state index is 0.00137. The molecule has 1 saturated carbocycles. The zero-order valence-electron chi connectivity index (χ0n) is 15.2. The molecular weight excluding hydrogens is 330 g/mol. The number of hydrogen-bond acceptors (Lipinski definition) is 4. The molecule has 1 N–H and O–H groups in total. The number of carbonyl (C=O) groups excluding carboxylic acids is 2. The number of benzene rings is 1. The Hall–Kier alpha value is -2.34. The minimum Gasteiger partial charge on any atom is -0.449 e. The van der Waals surface area contributed by atoms with E-state index in [1.165, 1.54) is 0 Å². The highest BCUT2D eigenvalue weighted by molar-refractivity contribution is 6.11. The average Bonchev–Trinajstić information content (AvgIpc) is 3.30. The summed E-state index contributed by atoms with van der Waals surface area (Å²) in [5.74, 6) is 0.148. The Labute approximate surface area is 153 Å². The van der Waals surface area contributed by atoms with Crippen LogP contribution >= 0.6 is 0 Å². The Morgan fingerprint density at radius 1 is 1.08 bits per heavy atom. The van der Waals surface area contributed by atoms with Gasteiger partial charge >= 0.3 is 0 Å². The molecule has 1 saturated heterocycles. The lowest BCUT2D eigenvalue weighted by molar-refractivity contribution is -0.119. The number of likely N-dealkylation sites (N-methyl/N-ethyl adjacent to an activating group) is 1. The molecule has 0 bridgehead atoms. The second kappa shape index (κ2) is 7.11. The van der Waals surface area contributed by atoms with Crippen molar-refractivity contribution in [3.8, 4) is 0 Å². The summed E-state index contributed by atoms with van der Waals surface area (Å²) in [6, 6.07) is 7.50. The van der Waals surface area contributed by atoms with Crippen LogP contribution in [0.1, 0.15) is 36.2 Å². The first kappa shape index (κ1) is 17.1. The average molecular weight is 355 g/mol. The molecule has 1 aliphatic carbocycles. The van der Waals surface area contributed by atoms with Crippen LogP contribution in [0.5, 0.6) is 0 Å². The lowest BCUT2D eigenvalue weighted by atomic mass is 10.1. The monoisotopic (exact) mass is 355 g/mol. The number of amides is 2. The summed E-state index contributed by atoms with van der Waals surface area (Å²) in [6.45, 7) is 3.02. The van der Waals surface area contributed by atoms with Crippen LogP contribution in [0.25, 0.3) is 11.0 Å². The summed E-state index contributed by atoms with van der Waals surface area (Å²) >= 11 is 0. The molecule has 2 aromatic rings. The zero-order valence-corrected chi connectivity index (χ0v) is 15.2. The van der Waals surface area contributed by atoms with Gasteiger partial charge < -0.3 is 19.5 Å². The number of furan rings is 1. The number of carbonyl (C=O) groups is 2. The Bertz CT molecular complexity index is 815. The van der Waals surface area contributed by atoms with Crippen molar-refractivity contribution in [3.05, 3.63) is 30.0 Å². The number of rotatable bonds is 3. The normalized spacial score (nSPS) is 19.2. The molecule has 2 aliphatic rings. The summed E-state index contributed by atoms with van der Waals surface area (Å²) in [7, 11) is 2.05. The number of nitrogens with zero attached hydrogens (tertiary/aromatic N) is 2. The van der Waals surface area contributed by atoms with E-state index in [0.717, 1.165) is 44.2 Å². The SMILES string of the molecule is CN1CCN(C(=O)c2oc3ccccc3c2NC(=O)C2CCCC2)CC1. The van der Waals surface area contributed by atoms with E-state index in [0.29, 0.717) is 24.4 Å². The first-order chi connectivity index (χ1) is 12.6. The summed E-state index contributed by atoms with van der Waals surface area (Å²) in [5, 5.41) is 3.80. The number of para-hydroxylation sites is 1. The summed E-state index contributed by atoms with van der Waals surface area (Å²) in [5.41, 5.74) is 1.16. The summed E-state index contributed by atoms with van der Waals surface area (Å²) in [6.07, 6.45) is 4.03. The predicted octanol–water partition coefficient (Wildman–Crippen LogP) is 2.95. The van der Waals surface area contributed by atoms with E-state index in [2.05, 4.69) is 17.3 Å². The quantitative estimate of drug-likeness (QED) is 0.919. The molecule has 4 rings (SSSR count). The van der Waals surface area contributed by atoms with E-state index >= 15 is 0 Å². The number of nitrogens with one attached hydrogen (secondary N) is 1. The Kier molecular flexibility index (Phi) is 4.68. The Morgan fingerprint density at radius 2 is 1.77 bits per heavy atom. The van der Waals surface area contributed by atoms with Crippen LogP contribution in [0.4, 0.5) is 5.69 Å². The van der Waals surface area contributed by atoms with Gasteiger partial charge in [-0.1, -0.05) is 25.0 Å². The molecule has 2 amide bonds. The van der Waals surface area contributed by atoms with Crippen LogP contribution in [0.15, 0.2) is 28.7 Å². The maximum Gasteiger partial charge on any atom is 0.291 e. The van der Waals surface area contributed by atoms with Crippen LogP contribution in [-0.4, -0.2) is 54.8 Å².